The van der Waals surface area contributed by atoms with Crippen molar-refractivity contribution in [2.75, 3.05) is 27.4 Å². The maximum absolute atomic E-state index is 14.2. The van der Waals surface area contributed by atoms with Crippen molar-refractivity contribution in [2.24, 2.45) is 0 Å². The molecule has 0 saturated heterocycles. The summed E-state index contributed by atoms with van der Waals surface area (Å²) in [6.07, 6.45) is 0.626. The van der Waals surface area contributed by atoms with E-state index in [0.717, 1.165) is 5.69 Å². The predicted molar refractivity (Wildman–Crippen MR) is 96.1 cm³/mol. The fraction of sp³-hybridized carbons (Fsp3) is 0.474. The Hall–Kier alpha value is -2.45. The second-order valence-electron chi connectivity index (χ2n) is 6.64. The Balaban J connectivity index is 1.64. The van der Waals surface area contributed by atoms with Crippen molar-refractivity contribution in [3.05, 3.63) is 46.9 Å². The quantitative estimate of drug-likeness (QED) is 0.797. The van der Waals surface area contributed by atoms with Gasteiger partial charge in [0.25, 0.3) is 5.89 Å². The Labute approximate surface area is 157 Å². The van der Waals surface area contributed by atoms with Crippen molar-refractivity contribution in [1.29, 1.82) is 0 Å². The topological polar surface area (TPSA) is 76.8 Å². The van der Waals surface area contributed by atoms with Crippen molar-refractivity contribution in [2.45, 2.75) is 32.5 Å². The zero-order valence-electron chi connectivity index (χ0n) is 15.8. The standard InChI is InChI=1S/C19H24FN3O4/c1-12(11-25-2)21-18(24)19-22-16-10-23(7-6-17(16)27-19)9-13-4-5-14(26-3)8-15(13)20/h4-5,8,12H,6-7,9-11H2,1-3H3,(H,21,24). The number of rotatable bonds is 7. The number of amides is 1. The number of ether oxygens (including phenoxy) is 2. The molecule has 1 aliphatic heterocycles. The number of hydrogen-bond acceptors (Lipinski definition) is 6. The lowest BCUT2D eigenvalue weighted by molar-refractivity contribution is 0.0869. The van der Waals surface area contributed by atoms with Gasteiger partial charge in [-0.25, -0.2) is 9.37 Å². The van der Waals surface area contributed by atoms with Gasteiger partial charge in [-0.3, -0.25) is 9.69 Å². The zero-order chi connectivity index (χ0) is 19.4. The van der Waals surface area contributed by atoms with Crippen LogP contribution < -0.4 is 10.1 Å². The fourth-order valence-electron chi connectivity index (χ4n) is 3.09. The largest absolute Gasteiger partial charge is 0.497 e. The molecule has 0 radical (unpaired) electrons. The first-order valence-corrected chi connectivity index (χ1v) is 8.83. The minimum Gasteiger partial charge on any atom is -0.497 e. The molecule has 1 aromatic heterocycles. The molecule has 0 saturated carbocycles. The molecule has 2 heterocycles. The average Bonchev–Trinajstić information content (AvgIpc) is 3.07. The number of hydrogen-bond donors (Lipinski definition) is 1. The smallest absolute Gasteiger partial charge is 0.307 e. The summed E-state index contributed by atoms with van der Waals surface area (Å²) in [4.78, 5) is 18.6. The molecule has 1 amide bonds. The van der Waals surface area contributed by atoms with Crippen LogP contribution in [0.1, 0.15) is 34.6 Å². The Morgan fingerprint density at radius 1 is 1.44 bits per heavy atom. The molecule has 0 fully saturated rings. The van der Waals surface area contributed by atoms with Gasteiger partial charge in [0.15, 0.2) is 0 Å². The van der Waals surface area contributed by atoms with E-state index in [1.165, 1.54) is 13.2 Å². The van der Waals surface area contributed by atoms with Crippen LogP contribution in [0.5, 0.6) is 5.75 Å². The van der Waals surface area contributed by atoms with Crippen molar-refractivity contribution in [1.82, 2.24) is 15.2 Å². The molecule has 1 atom stereocenters. The van der Waals surface area contributed by atoms with Gasteiger partial charge in [-0.15, -0.1) is 0 Å². The maximum atomic E-state index is 14.2. The molecule has 27 heavy (non-hydrogen) atoms. The maximum Gasteiger partial charge on any atom is 0.307 e. The van der Waals surface area contributed by atoms with Crippen molar-refractivity contribution < 1.29 is 23.1 Å². The summed E-state index contributed by atoms with van der Waals surface area (Å²) in [6, 6.07) is 4.71. The SMILES string of the molecule is COCC(C)NC(=O)c1nc2c(o1)CCN(Cc1ccc(OC)cc1F)C2. The van der Waals surface area contributed by atoms with Crippen LogP contribution in [0.15, 0.2) is 22.6 Å². The number of aromatic nitrogens is 1. The summed E-state index contributed by atoms with van der Waals surface area (Å²) >= 11 is 0. The molecule has 0 bridgehead atoms. The molecular formula is C19H24FN3O4. The van der Waals surface area contributed by atoms with Gasteiger partial charge in [-0.05, 0) is 13.0 Å². The predicted octanol–water partition coefficient (Wildman–Crippen LogP) is 2.15. The van der Waals surface area contributed by atoms with E-state index < -0.39 is 0 Å². The number of halogens is 1. The van der Waals surface area contributed by atoms with Crippen LogP contribution in [0, 0.1) is 5.82 Å². The van der Waals surface area contributed by atoms with E-state index in [1.807, 2.05) is 6.92 Å². The highest BCUT2D eigenvalue weighted by atomic mass is 19.1. The lowest BCUT2D eigenvalue weighted by atomic mass is 10.1. The first kappa shape index (κ1) is 19.3. The van der Waals surface area contributed by atoms with Crippen LogP contribution in [0.2, 0.25) is 0 Å². The van der Waals surface area contributed by atoms with E-state index in [-0.39, 0.29) is 23.7 Å². The lowest BCUT2D eigenvalue weighted by Crippen LogP contribution is -2.35. The summed E-state index contributed by atoms with van der Waals surface area (Å²) in [6.45, 7) is 3.91. The van der Waals surface area contributed by atoms with E-state index in [1.54, 1.807) is 19.2 Å². The van der Waals surface area contributed by atoms with Crippen LogP contribution in [-0.4, -0.2) is 49.2 Å². The van der Waals surface area contributed by atoms with Crippen molar-refractivity contribution in [3.8, 4) is 5.75 Å². The van der Waals surface area contributed by atoms with Gasteiger partial charge in [0, 0.05) is 50.8 Å². The Kier molecular flexibility index (Phi) is 6.08. The van der Waals surface area contributed by atoms with Crippen LogP contribution >= 0.6 is 0 Å². The Bertz CT molecular complexity index is 808. The van der Waals surface area contributed by atoms with Crippen LogP contribution in [0.25, 0.3) is 0 Å². The number of benzene rings is 1. The van der Waals surface area contributed by atoms with E-state index in [0.29, 0.717) is 49.7 Å². The number of nitrogens with zero attached hydrogens (tertiary/aromatic N) is 2. The van der Waals surface area contributed by atoms with Gasteiger partial charge >= 0.3 is 5.91 Å². The summed E-state index contributed by atoms with van der Waals surface area (Å²) in [5, 5.41) is 2.78. The number of oxazole rings is 1. The van der Waals surface area contributed by atoms with Gasteiger partial charge in [-0.1, -0.05) is 6.07 Å². The van der Waals surface area contributed by atoms with Gasteiger partial charge < -0.3 is 19.2 Å². The van der Waals surface area contributed by atoms with Crippen molar-refractivity contribution in [3.63, 3.8) is 0 Å². The van der Waals surface area contributed by atoms with Gasteiger partial charge in [-0.2, -0.15) is 0 Å². The molecule has 0 spiro atoms. The normalized spacial score (nSPS) is 15.3. The number of fused-ring (bicyclic) bond motifs is 1. The molecule has 8 heteroatoms. The number of methoxy groups -OCH3 is 2. The van der Waals surface area contributed by atoms with E-state index in [2.05, 4.69) is 15.2 Å². The van der Waals surface area contributed by atoms with E-state index >= 15 is 0 Å². The molecule has 1 N–H and O–H groups in total. The molecule has 0 aliphatic carbocycles. The molecule has 146 valence electrons. The second kappa shape index (κ2) is 8.49. The first-order chi connectivity index (χ1) is 13.0. The molecule has 2 aromatic rings. The highest BCUT2D eigenvalue weighted by Crippen LogP contribution is 2.23. The van der Waals surface area contributed by atoms with Gasteiger partial charge in [0.2, 0.25) is 0 Å². The third-order valence-electron chi connectivity index (χ3n) is 4.45. The van der Waals surface area contributed by atoms with Gasteiger partial charge in [0.1, 0.15) is 17.3 Å². The molecular weight excluding hydrogens is 353 g/mol. The number of carbonyl (C=O) groups excluding carboxylic acids is 1. The Morgan fingerprint density at radius 3 is 2.96 bits per heavy atom. The molecule has 1 aliphatic rings. The van der Waals surface area contributed by atoms with E-state index in [4.69, 9.17) is 13.9 Å². The highest BCUT2D eigenvalue weighted by Gasteiger charge is 2.25. The second-order valence-corrected chi connectivity index (χ2v) is 6.64. The third-order valence-corrected chi connectivity index (χ3v) is 4.45. The summed E-state index contributed by atoms with van der Waals surface area (Å²) in [7, 11) is 3.09. The average molecular weight is 377 g/mol. The fourth-order valence-corrected chi connectivity index (χ4v) is 3.09. The summed E-state index contributed by atoms with van der Waals surface area (Å²) < 4.78 is 29.8. The molecule has 7 nitrogen and oxygen atoms in total. The molecule has 1 unspecified atom stereocenters. The monoisotopic (exact) mass is 377 g/mol. The molecule has 1 aromatic carbocycles. The number of carbonyl (C=O) groups is 1. The van der Waals surface area contributed by atoms with Crippen LogP contribution in [0.3, 0.4) is 0 Å². The summed E-state index contributed by atoms with van der Waals surface area (Å²) in [5.74, 6) is 0.604. The Morgan fingerprint density at radius 2 is 2.26 bits per heavy atom. The van der Waals surface area contributed by atoms with Gasteiger partial charge in [0.05, 0.1) is 19.4 Å². The lowest BCUT2D eigenvalue weighted by Gasteiger charge is -2.25. The van der Waals surface area contributed by atoms with Crippen LogP contribution in [0.4, 0.5) is 4.39 Å². The zero-order valence-corrected chi connectivity index (χ0v) is 15.8. The third kappa shape index (κ3) is 4.64. The molecule has 3 rings (SSSR count). The van der Waals surface area contributed by atoms with Crippen molar-refractivity contribution >= 4 is 5.91 Å². The summed E-state index contributed by atoms with van der Waals surface area (Å²) in [5.41, 5.74) is 1.31. The highest BCUT2D eigenvalue weighted by molar-refractivity contribution is 5.89. The minimum absolute atomic E-state index is 0.0560. The number of nitrogens with one attached hydrogen (secondary N) is 1. The minimum atomic E-state index is -0.360. The van der Waals surface area contributed by atoms with E-state index in [9.17, 15) is 9.18 Å². The first-order valence-electron chi connectivity index (χ1n) is 8.83. The van der Waals surface area contributed by atoms with Crippen LogP contribution in [-0.2, 0) is 24.2 Å².